The van der Waals surface area contributed by atoms with Gasteiger partial charge in [0.2, 0.25) is 17.7 Å². The summed E-state index contributed by atoms with van der Waals surface area (Å²) in [5, 5.41) is 29.0. The molecule has 378 valence electrons. The maximum atomic E-state index is 12.3. The Hall–Kier alpha value is -4.82. The number of ketones is 3. The maximum Gasteiger partial charge on any atom is 0.335 e. The van der Waals surface area contributed by atoms with Crippen molar-refractivity contribution in [3.05, 3.63) is 36.9 Å². The number of nitrogens with one attached hydrogen (secondary N) is 4. The molecule has 0 fully saturated rings. The molecule has 0 saturated carbocycles. The molecule has 3 amide bonds. The van der Waals surface area contributed by atoms with E-state index in [0.717, 1.165) is 38.5 Å². The van der Waals surface area contributed by atoms with E-state index in [4.69, 9.17) is 35.8 Å². The van der Waals surface area contributed by atoms with Crippen molar-refractivity contribution in [3.8, 4) is 5.75 Å². The van der Waals surface area contributed by atoms with E-state index in [1.54, 1.807) is 12.1 Å². The van der Waals surface area contributed by atoms with Crippen LogP contribution in [0.25, 0.3) is 0 Å². The number of ether oxygens (including phenoxy) is 5. The highest BCUT2D eigenvalue weighted by Gasteiger charge is 2.22. The predicted octanol–water partition coefficient (Wildman–Crippen LogP) is 4.25. The average molecular weight is 949 g/mol. The fourth-order valence-corrected chi connectivity index (χ4v) is 6.67. The van der Waals surface area contributed by atoms with E-state index in [0.29, 0.717) is 63.8 Å². The van der Waals surface area contributed by atoms with Gasteiger partial charge in [-0.2, -0.15) is 0 Å². The van der Waals surface area contributed by atoms with Gasteiger partial charge in [-0.1, -0.05) is 39.0 Å². The van der Waals surface area contributed by atoms with Crippen LogP contribution < -0.4 is 26.0 Å². The second-order valence-corrected chi connectivity index (χ2v) is 16.2. The lowest BCUT2D eigenvalue weighted by atomic mass is 9.90. The van der Waals surface area contributed by atoms with Gasteiger partial charge in [-0.15, -0.1) is 0 Å². The number of rotatable bonds is 45. The molecule has 1 aromatic rings. The monoisotopic (exact) mass is 949 g/mol. The number of aliphatic carboxylic acids is 1. The zero-order chi connectivity index (χ0) is 49.5. The van der Waals surface area contributed by atoms with Crippen molar-refractivity contribution in [1.82, 2.24) is 21.3 Å². The lowest BCUT2D eigenvalue weighted by Gasteiger charge is -2.17. The smallest absolute Gasteiger partial charge is 0.335 e. The summed E-state index contributed by atoms with van der Waals surface area (Å²) < 4.78 is 27.1. The third kappa shape index (κ3) is 32.5. The second kappa shape index (κ2) is 39.2. The van der Waals surface area contributed by atoms with E-state index < -0.39 is 18.0 Å². The van der Waals surface area contributed by atoms with Gasteiger partial charge in [0.15, 0.2) is 0 Å². The molecule has 0 spiro atoms. The number of hydrogen-bond acceptors (Lipinski definition) is 14. The first-order valence-electron chi connectivity index (χ1n) is 23.6. The largest absolute Gasteiger partial charge is 0.494 e. The summed E-state index contributed by atoms with van der Waals surface area (Å²) in [5.41, 5.74) is 0.193. The Labute approximate surface area is 395 Å². The summed E-state index contributed by atoms with van der Waals surface area (Å²) >= 11 is 0. The van der Waals surface area contributed by atoms with Crippen LogP contribution in [0.4, 0.5) is 0 Å². The van der Waals surface area contributed by atoms with Gasteiger partial charge in [-0.3, -0.25) is 28.8 Å². The number of carbonyl (C=O) groups excluding carboxylic acids is 6. The van der Waals surface area contributed by atoms with Gasteiger partial charge in [-0.25, -0.2) is 9.59 Å². The summed E-state index contributed by atoms with van der Waals surface area (Å²) in [6, 6.07) is 4.66. The summed E-state index contributed by atoms with van der Waals surface area (Å²) in [7, 11) is 5.48. The van der Waals surface area contributed by atoms with Crippen molar-refractivity contribution in [3.63, 3.8) is 0 Å². The van der Waals surface area contributed by atoms with Crippen molar-refractivity contribution < 1.29 is 72.3 Å². The van der Waals surface area contributed by atoms with Gasteiger partial charge in [0.1, 0.15) is 42.4 Å². The fourth-order valence-electron chi connectivity index (χ4n) is 6.67. The topological polar surface area (TPSA) is 271 Å². The Morgan fingerprint density at radius 2 is 1.21 bits per heavy atom. The normalized spacial score (nSPS) is 12.4. The van der Waals surface area contributed by atoms with Crippen molar-refractivity contribution in [2.24, 2.45) is 5.92 Å². The molecule has 2 radical (unpaired) electrons. The summed E-state index contributed by atoms with van der Waals surface area (Å²) in [6.07, 6.45) is 9.13. The molecule has 0 unspecified atom stereocenters. The Kier molecular flexibility index (Phi) is 35.2. The van der Waals surface area contributed by atoms with Crippen molar-refractivity contribution in [2.45, 2.75) is 135 Å². The van der Waals surface area contributed by atoms with E-state index in [-0.39, 0.29) is 138 Å². The van der Waals surface area contributed by atoms with Crippen LogP contribution in [0.5, 0.6) is 5.75 Å². The number of Topliss-reactive ketones (excluding diaryl/α,β-unsaturated/α-hetero) is 3. The zero-order valence-corrected chi connectivity index (χ0v) is 39.6. The molecule has 0 aliphatic rings. The minimum absolute atomic E-state index is 0.00632. The molecule has 0 aliphatic heterocycles. The third-order valence-electron chi connectivity index (χ3n) is 10.6. The molecule has 19 nitrogen and oxygen atoms in total. The van der Waals surface area contributed by atoms with Crippen LogP contribution in [-0.2, 0) is 52.5 Å². The van der Waals surface area contributed by atoms with Gasteiger partial charge in [0.25, 0.3) is 0 Å². The minimum Gasteiger partial charge on any atom is -0.494 e. The summed E-state index contributed by atoms with van der Waals surface area (Å²) in [5.74, 6) is -2.82. The Morgan fingerprint density at radius 3 is 1.84 bits per heavy atom. The van der Waals surface area contributed by atoms with Crippen LogP contribution in [-0.4, -0.2) is 142 Å². The van der Waals surface area contributed by atoms with E-state index in [1.165, 1.54) is 19.1 Å². The first-order chi connectivity index (χ1) is 32.3. The highest BCUT2D eigenvalue weighted by molar-refractivity contribution is 5.88. The number of carboxylic acids is 2. The van der Waals surface area contributed by atoms with E-state index in [2.05, 4.69) is 21.3 Å². The van der Waals surface area contributed by atoms with Crippen LogP contribution in [0.15, 0.2) is 24.3 Å². The zero-order valence-electron chi connectivity index (χ0n) is 39.6. The molecule has 1 rings (SSSR count). The van der Waals surface area contributed by atoms with E-state index >= 15 is 0 Å². The molecule has 19 heteroatoms. The number of hydrogen-bond donors (Lipinski definition) is 6. The average Bonchev–Trinajstić information content (AvgIpc) is 3.30. The molecule has 1 aromatic carbocycles. The second-order valence-electron chi connectivity index (χ2n) is 16.2. The molecule has 6 N–H and O–H groups in total. The molecule has 0 bridgehead atoms. The van der Waals surface area contributed by atoms with Crippen LogP contribution in [0.2, 0.25) is 0 Å². The standard InChI is InChI=1S/C48H76N4O15/c1-4-13-41(49-3)43(55)24-19-37(36(2)53)14-9-10-25-50-45(57)34-66-33-31-64-29-26-51-46(58)35-65-32-30-63-27-12-15-39(54)20-23-42(48(61)62)52-44(56)16-8-6-5-7-11-28-67-40-21-17-38(18-22-40)47(59)60/h3,17-18,21-22,37,41-42,49H,4-16,19-20,23-35H2,1-2H3,(H,50,57)(H,51,58)(H,52,56)(H,59,60)(H,61,62)/t37-,41+,42+/m1/s1. The SMILES string of the molecule is [CH]N[C@@H](CCC)C(=O)CC[C@@H](CCCCNC(=O)COCCOCCNC(=O)COCCOCCCC(=O)CC[C@H](NC(=O)CCCCCCCOc1ccc(C(=O)O)cc1)C(=O)O)C(C)=O. The van der Waals surface area contributed by atoms with Gasteiger partial charge in [0.05, 0.1) is 51.2 Å². The van der Waals surface area contributed by atoms with Crippen LogP contribution in [0, 0.1) is 13.0 Å². The molecule has 0 heterocycles. The number of amides is 3. The molecule has 3 atom stereocenters. The van der Waals surface area contributed by atoms with Crippen LogP contribution in [0.1, 0.15) is 133 Å². The van der Waals surface area contributed by atoms with Crippen LogP contribution in [0.3, 0.4) is 0 Å². The van der Waals surface area contributed by atoms with Gasteiger partial charge < -0.3 is 55.2 Å². The first-order valence-corrected chi connectivity index (χ1v) is 23.6. The number of aromatic carboxylic acids is 1. The Morgan fingerprint density at radius 1 is 0.582 bits per heavy atom. The number of unbranched alkanes of at least 4 members (excludes halogenated alkanes) is 5. The lowest BCUT2D eigenvalue weighted by molar-refractivity contribution is -0.142. The fraction of sp³-hybridized carbons (Fsp3) is 0.688. The van der Waals surface area contributed by atoms with Crippen LogP contribution >= 0.6 is 0 Å². The highest BCUT2D eigenvalue weighted by Crippen LogP contribution is 2.18. The highest BCUT2D eigenvalue weighted by atomic mass is 16.5. The Balaban J connectivity index is 1.97. The molecule has 0 aliphatic carbocycles. The predicted molar refractivity (Wildman–Crippen MR) is 247 cm³/mol. The summed E-state index contributed by atoms with van der Waals surface area (Å²) in [4.78, 5) is 95.7. The Bertz CT molecular complexity index is 1590. The molecule has 0 aromatic heterocycles. The van der Waals surface area contributed by atoms with E-state index in [9.17, 15) is 43.5 Å². The molecular formula is C48H76N4O15. The van der Waals surface area contributed by atoms with Crippen molar-refractivity contribution >= 4 is 47.0 Å². The number of carbonyl (C=O) groups is 8. The third-order valence-corrected chi connectivity index (χ3v) is 10.6. The van der Waals surface area contributed by atoms with E-state index in [1.807, 2.05) is 6.92 Å². The molecule has 67 heavy (non-hydrogen) atoms. The van der Waals surface area contributed by atoms with Crippen molar-refractivity contribution in [2.75, 3.05) is 72.6 Å². The van der Waals surface area contributed by atoms with Gasteiger partial charge in [0, 0.05) is 58.3 Å². The quantitative estimate of drug-likeness (QED) is 0.0394. The number of benzene rings is 1. The lowest BCUT2D eigenvalue weighted by Crippen LogP contribution is -2.41. The molecule has 0 saturated heterocycles. The first kappa shape index (κ1) is 60.2. The van der Waals surface area contributed by atoms with Crippen molar-refractivity contribution in [1.29, 1.82) is 0 Å². The number of carboxylic acid groups (broad SMARTS) is 2. The van der Waals surface area contributed by atoms with Gasteiger partial charge in [-0.05, 0) is 82.6 Å². The maximum absolute atomic E-state index is 12.3. The minimum atomic E-state index is -1.20. The van der Waals surface area contributed by atoms with Gasteiger partial charge >= 0.3 is 11.9 Å². The molecular weight excluding hydrogens is 873 g/mol. The summed E-state index contributed by atoms with van der Waals surface area (Å²) in [6.45, 7) is 5.77.